The van der Waals surface area contributed by atoms with Crippen LogP contribution in [-0.2, 0) is 11.3 Å². The first-order chi connectivity index (χ1) is 18.2. The Morgan fingerprint density at radius 1 is 0.973 bits per heavy atom. The molecule has 0 unspecified atom stereocenters. The quantitative estimate of drug-likeness (QED) is 0.283. The van der Waals surface area contributed by atoms with Crippen LogP contribution in [-0.4, -0.2) is 38.4 Å². The topological polar surface area (TPSA) is 58.3 Å². The Morgan fingerprint density at radius 3 is 2.59 bits per heavy atom. The van der Waals surface area contributed by atoms with Gasteiger partial charge in [0, 0.05) is 42.8 Å². The molecule has 1 atom stereocenters. The van der Waals surface area contributed by atoms with Crippen LogP contribution >= 0.6 is 0 Å². The lowest BCUT2D eigenvalue weighted by Crippen LogP contribution is -2.30. The molecule has 2 fully saturated rings. The maximum Gasteiger partial charge on any atom is 0.225 e. The van der Waals surface area contributed by atoms with E-state index in [-0.39, 0.29) is 5.92 Å². The molecule has 6 nitrogen and oxygen atoms in total. The van der Waals surface area contributed by atoms with Crippen LogP contribution < -0.4 is 0 Å². The number of fused-ring (bicyclic) bond motifs is 2. The number of rotatable bonds is 5. The van der Waals surface area contributed by atoms with Gasteiger partial charge in [-0.1, -0.05) is 42.5 Å². The highest BCUT2D eigenvalue weighted by Crippen LogP contribution is 2.35. The summed E-state index contributed by atoms with van der Waals surface area (Å²) >= 11 is 0. The average molecular weight is 486 g/mol. The number of imidazole rings is 1. The van der Waals surface area contributed by atoms with Gasteiger partial charge in [-0.2, -0.15) is 0 Å². The standard InChI is InChI=1S/C31H27N5O/c1-32-26-10-11-27-29(17-26)36(19-20-13-15-35(18-20)31(37)24-7-8-24)30(34-27)23-5-2-21(3-6-23)25-9-4-22-12-14-33-28(22)16-25/h2-6,9-12,14,16-17,20,24,33H,7-8,13,15,18-19H2/t20-/m1/s1. The second-order valence-corrected chi connectivity index (χ2v) is 10.4. The van der Waals surface area contributed by atoms with Crippen molar-refractivity contribution in [3.05, 3.63) is 84.3 Å². The van der Waals surface area contributed by atoms with Crippen molar-refractivity contribution in [2.45, 2.75) is 25.8 Å². The van der Waals surface area contributed by atoms with Gasteiger partial charge in [0.15, 0.2) is 5.69 Å². The Morgan fingerprint density at radius 2 is 1.78 bits per heavy atom. The van der Waals surface area contributed by atoms with Gasteiger partial charge < -0.3 is 14.5 Å². The molecular weight excluding hydrogens is 458 g/mol. The van der Waals surface area contributed by atoms with E-state index in [1.807, 2.05) is 24.4 Å². The number of nitrogens with one attached hydrogen (secondary N) is 1. The molecule has 1 saturated carbocycles. The van der Waals surface area contributed by atoms with E-state index in [1.165, 1.54) is 10.9 Å². The number of H-pyrrole nitrogens is 1. The lowest BCUT2D eigenvalue weighted by molar-refractivity contribution is -0.131. The van der Waals surface area contributed by atoms with Gasteiger partial charge in [-0.3, -0.25) is 4.79 Å². The van der Waals surface area contributed by atoms with Gasteiger partial charge in [-0.25, -0.2) is 9.83 Å². The number of aromatic nitrogens is 3. The van der Waals surface area contributed by atoms with E-state index in [9.17, 15) is 4.79 Å². The van der Waals surface area contributed by atoms with Gasteiger partial charge in [0.05, 0.1) is 17.6 Å². The Kier molecular flexibility index (Phi) is 5.10. The molecule has 5 aromatic rings. The third kappa shape index (κ3) is 3.97. The highest BCUT2D eigenvalue weighted by Gasteiger charge is 2.36. The molecule has 2 aliphatic rings. The number of aromatic amines is 1. The molecule has 1 amide bonds. The molecule has 0 bridgehead atoms. The molecule has 0 radical (unpaired) electrons. The van der Waals surface area contributed by atoms with Crippen molar-refractivity contribution in [2.75, 3.05) is 13.1 Å². The molecule has 1 aliphatic heterocycles. The van der Waals surface area contributed by atoms with Crippen LogP contribution in [0.1, 0.15) is 19.3 Å². The van der Waals surface area contributed by atoms with E-state index in [2.05, 4.69) is 67.8 Å². The van der Waals surface area contributed by atoms with Crippen molar-refractivity contribution in [1.29, 1.82) is 0 Å². The third-order valence-corrected chi connectivity index (χ3v) is 7.86. The van der Waals surface area contributed by atoms with E-state index in [0.29, 0.717) is 17.5 Å². The Hall–Kier alpha value is -4.37. The molecule has 3 heterocycles. The molecule has 3 aromatic carbocycles. The molecule has 2 aromatic heterocycles. The molecule has 1 aliphatic carbocycles. The van der Waals surface area contributed by atoms with Crippen LogP contribution in [0.25, 0.3) is 49.3 Å². The maximum atomic E-state index is 12.6. The molecule has 182 valence electrons. The zero-order valence-corrected chi connectivity index (χ0v) is 20.5. The number of nitrogens with zero attached hydrogens (tertiary/aromatic N) is 4. The summed E-state index contributed by atoms with van der Waals surface area (Å²) in [4.78, 5) is 26.6. The van der Waals surface area contributed by atoms with Crippen LogP contribution in [0, 0.1) is 18.4 Å². The van der Waals surface area contributed by atoms with Gasteiger partial charge in [-0.15, -0.1) is 0 Å². The van der Waals surface area contributed by atoms with Crippen molar-refractivity contribution in [1.82, 2.24) is 19.4 Å². The maximum absolute atomic E-state index is 12.6. The minimum atomic E-state index is 0.265. The van der Waals surface area contributed by atoms with Gasteiger partial charge >= 0.3 is 0 Å². The predicted octanol–water partition coefficient (Wildman–Crippen LogP) is 6.66. The zero-order valence-electron chi connectivity index (χ0n) is 20.5. The Labute approximate surface area is 215 Å². The van der Waals surface area contributed by atoms with Gasteiger partial charge in [-0.05, 0) is 66.0 Å². The van der Waals surface area contributed by atoms with E-state index in [1.54, 1.807) is 0 Å². The van der Waals surface area contributed by atoms with Crippen molar-refractivity contribution in [3.8, 4) is 22.5 Å². The summed E-state index contributed by atoms with van der Waals surface area (Å²) in [6.07, 6.45) is 5.06. The fourth-order valence-corrected chi connectivity index (χ4v) is 5.65. The summed E-state index contributed by atoms with van der Waals surface area (Å²) in [6, 6.07) is 22.9. The number of likely N-dealkylation sites (tertiary alicyclic amines) is 1. The minimum absolute atomic E-state index is 0.265. The number of hydrogen-bond acceptors (Lipinski definition) is 2. The number of carbonyl (C=O) groups excluding carboxylic acids is 1. The van der Waals surface area contributed by atoms with Gasteiger partial charge in [0.25, 0.3) is 0 Å². The first-order valence-corrected chi connectivity index (χ1v) is 13.0. The summed E-state index contributed by atoms with van der Waals surface area (Å²) in [5.74, 6) is 1.89. The first-order valence-electron chi connectivity index (χ1n) is 13.0. The summed E-state index contributed by atoms with van der Waals surface area (Å²) in [5, 5.41) is 1.21. The van der Waals surface area contributed by atoms with E-state index in [4.69, 9.17) is 11.6 Å². The first kappa shape index (κ1) is 21.9. The number of amides is 1. The molecule has 0 spiro atoms. The van der Waals surface area contributed by atoms with Crippen molar-refractivity contribution in [3.63, 3.8) is 0 Å². The largest absolute Gasteiger partial charge is 0.361 e. The smallest absolute Gasteiger partial charge is 0.225 e. The number of carbonyl (C=O) groups is 1. The zero-order chi connectivity index (χ0) is 24.9. The van der Waals surface area contributed by atoms with Crippen LogP contribution in [0.4, 0.5) is 5.69 Å². The van der Waals surface area contributed by atoms with Gasteiger partial charge in [0.1, 0.15) is 5.82 Å². The summed E-state index contributed by atoms with van der Waals surface area (Å²) < 4.78 is 2.26. The number of hydrogen-bond donors (Lipinski definition) is 1. The average Bonchev–Trinajstić information content (AvgIpc) is 3.33. The normalized spacial score (nSPS) is 17.5. The minimum Gasteiger partial charge on any atom is -0.361 e. The second kappa shape index (κ2) is 8.63. The van der Waals surface area contributed by atoms with Crippen LogP contribution in [0.5, 0.6) is 0 Å². The fraction of sp³-hybridized carbons (Fsp3) is 0.258. The van der Waals surface area contributed by atoms with Crippen molar-refractivity contribution < 1.29 is 4.79 Å². The predicted molar refractivity (Wildman–Crippen MR) is 146 cm³/mol. The molecule has 7 rings (SSSR count). The number of benzene rings is 3. The Bertz CT molecular complexity index is 1680. The molecule has 37 heavy (non-hydrogen) atoms. The summed E-state index contributed by atoms with van der Waals surface area (Å²) in [7, 11) is 0. The third-order valence-electron chi connectivity index (χ3n) is 7.86. The Balaban J connectivity index is 1.23. The SMILES string of the molecule is [C-]#[N+]c1ccc2nc(-c3ccc(-c4ccc5cc[nH]c5c4)cc3)n(C[C@@H]3CCN(C(=O)C4CC4)C3)c2c1. The van der Waals surface area contributed by atoms with E-state index >= 15 is 0 Å². The molecule has 1 saturated heterocycles. The highest BCUT2D eigenvalue weighted by molar-refractivity contribution is 5.86. The van der Waals surface area contributed by atoms with Crippen LogP contribution in [0.2, 0.25) is 0 Å². The lowest BCUT2D eigenvalue weighted by atomic mass is 10.0. The van der Waals surface area contributed by atoms with E-state index in [0.717, 1.165) is 72.4 Å². The summed E-state index contributed by atoms with van der Waals surface area (Å²) in [5.41, 5.74) is 7.00. The lowest BCUT2D eigenvalue weighted by Gasteiger charge is -2.18. The highest BCUT2D eigenvalue weighted by atomic mass is 16.2. The van der Waals surface area contributed by atoms with Crippen LogP contribution in [0.15, 0.2) is 72.9 Å². The molecule has 6 heteroatoms. The molecular formula is C31H27N5O. The van der Waals surface area contributed by atoms with Gasteiger partial charge in [0.2, 0.25) is 5.91 Å². The van der Waals surface area contributed by atoms with E-state index < -0.39 is 0 Å². The second-order valence-electron chi connectivity index (χ2n) is 10.4. The summed E-state index contributed by atoms with van der Waals surface area (Å²) in [6.45, 7) is 9.93. The molecule has 1 N–H and O–H groups in total. The monoisotopic (exact) mass is 485 g/mol. The van der Waals surface area contributed by atoms with Crippen molar-refractivity contribution >= 4 is 33.5 Å². The van der Waals surface area contributed by atoms with Crippen molar-refractivity contribution in [2.24, 2.45) is 11.8 Å². The fourth-order valence-electron chi connectivity index (χ4n) is 5.65. The van der Waals surface area contributed by atoms with Crippen LogP contribution in [0.3, 0.4) is 0 Å².